The average Bonchev–Trinajstić information content (AvgIpc) is 2.70. The van der Waals surface area contributed by atoms with Crippen LogP contribution in [0.1, 0.15) is 67.9 Å². The number of amides is 1. The van der Waals surface area contributed by atoms with Crippen LogP contribution in [0.5, 0.6) is 0 Å². The molecule has 6 heteroatoms. The first kappa shape index (κ1) is 22.8. The molecule has 0 spiro atoms. The highest BCUT2D eigenvalue weighted by Gasteiger charge is 2.36. The Morgan fingerprint density at radius 1 is 1.09 bits per heavy atom. The summed E-state index contributed by atoms with van der Waals surface area (Å²) in [5.41, 5.74) is 3.96. The minimum absolute atomic E-state index is 0.0404. The summed E-state index contributed by atoms with van der Waals surface area (Å²) in [6.45, 7) is 10.6. The first-order chi connectivity index (χ1) is 14.9. The quantitative estimate of drug-likeness (QED) is 0.555. The van der Waals surface area contributed by atoms with E-state index in [1.807, 2.05) is 23.1 Å². The largest absolute Gasteiger partial charge is 0.416 e. The van der Waals surface area contributed by atoms with Crippen LogP contribution in [0.25, 0.3) is 0 Å². The maximum atomic E-state index is 13.5. The van der Waals surface area contributed by atoms with Gasteiger partial charge in [-0.2, -0.15) is 13.2 Å². The van der Waals surface area contributed by atoms with Gasteiger partial charge in [0, 0.05) is 38.8 Å². The summed E-state index contributed by atoms with van der Waals surface area (Å²) < 4.78 is 40.6. The molecule has 0 saturated carbocycles. The van der Waals surface area contributed by atoms with E-state index in [0.29, 0.717) is 37.5 Å². The topological polar surface area (TPSA) is 23.6 Å². The van der Waals surface area contributed by atoms with Crippen molar-refractivity contribution >= 4 is 11.6 Å². The van der Waals surface area contributed by atoms with E-state index in [1.54, 1.807) is 6.92 Å². The normalized spacial score (nSPS) is 19.5. The molecule has 32 heavy (non-hydrogen) atoms. The van der Waals surface area contributed by atoms with Gasteiger partial charge >= 0.3 is 6.18 Å². The lowest BCUT2D eigenvalue weighted by molar-refractivity contribution is -0.138. The van der Waals surface area contributed by atoms with E-state index in [-0.39, 0.29) is 11.3 Å². The Hall–Kier alpha value is -2.34. The zero-order valence-corrected chi connectivity index (χ0v) is 19.2. The molecule has 1 unspecified atom stereocenters. The third kappa shape index (κ3) is 4.42. The molecule has 2 aromatic carbocycles. The fourth-order valence-corrected chi connectivity index (χ4v) is 5.28. The smallest absolute Gasteiger partial charge is 0.312 e. The second-order valence-corrected chi connectivity index (χ2v) is 10.2. The van der Waals surface area contributed by atoms with Crippen LogP contribution in [0.4, 0.5) is 18.9 Å². The Morgan fingerprint density at radius 2 is 1.84 bits per heavy atom. The van der Waals surface area contributed by atoms with Gasteiger partial charge in [-0.25, -0.2) is 0 Å². The highest BCUT2D eigenvalue weighted by Crippen LogP contribution is 2.45. The third-order valence-electron chi connectivity index (χ3n) is 6.89. The van der Waals surface area contributed by atoms with Crippen LogP contribution in [0, 0.1) is 5.41 Å². The molecule has 2 heterocycles. The number of hydrogen-bond acceptors (Lipinski definition) is 2. The minimum Gasteiger partial charge on any atom is -0.312 e. The van der Waals surface area contributed by atoms with E-state index in [0.717, 1.165) is 29.8 Å². The summed E-state index contributed by atoms with van der Waals surface area (Å²) in [6, 6.07) is 10.7. The van der Waals surface area contributed by atoms with Gasteiger partial charge in [0.2, 0.25) is 5.91 Å². The van der Waals surface area contributed by atoms with E-state index >= 15 is 0 Å². The predicted octanol–water partition coefficient (Wildman–Crippen LogP) is 6.15. The van der Waals surface area contributed by atoms with Crippen LogP contribution in [-0.2, 0) is 30.5 Å². The molecule has 0 bridgehead atoms. The van der Waals surface area contributed by atoms with E-state index in [4.69, 9.17) is 0 Å². The fourth-order valence-electron chi connectivity index (χ4n) is 5.28. The van der Waals surface area contributed by atoms with Crippen LogP contribution < -0.4 is 4.90 Å². The van der Waals surface area contributed by atoms with E-state index in [1.165, 1.54) is 17.7 Å². The molecule has 4 rings (SSSR count). The van der Waals surface area contributed by atoms with Crippen LogP contribution >= 0.6 is 0 Å². The van der Waals surface area contributed by atoms with Crippen molar-refractivity contribution in [2.24, 2.45) is 5.41 Å². The molecule has 1 atom stereocenters. The van der Waals surface area contributed by atoms with E-state index in [9.17, 15) is 18.0 Å². The monoisotopic (exact) mass is 444 g/mol. The van der Waals surface area contributed by atoms with Gasteiger partial charge in [0.25, 0.3) is 0 Å². The van der Waals surface area contributed by atoms with Crippen LogP contribution in [0.15, 0.2) is 36.4 Å². The van der Waals surface area contributed by atoms with Crippen LogP contribution in [-0.4, -0.2) is 23.9 Å². The Labute approximate surface area is 188 Å². The molecule has 2 aliphatic rings. The third-order valence-corrected chi connectivity index (χ3v) is 6.89. The number of nitrogens with zero attached hydrogens (tertiary/aromatic N) is 2. The maximum Gasteiger partial charge on any atom is 0.416 e. The van der Waals surface area contributed by atoms with Crippen molar-refractivity contribution in [1.29, 1.82) is 0 Å². The van der Waals surface area contributed by atoms with Gasteiger partial charge < -0.3 is 4.90 Å². The molecule has 0 saturated heterocycles. The molecular weight excluding hydrogens is 413 g/mol. The summed E-state index contributed by atoms with van der Waals surface area (Å²) >= 11 is 0. The predicted molar refractivity (Wildman–Crippen MR) is 121 cm³/mol. The first-order valence-electron chi connectivity index (χ1n) is 11.3. The molecule has 2 aromatic rings. The lowest BCUT2D eigenvalue weighted by Crippen LogP contribution is -2.38. The van der Waals surface area contributed by atoms with Crippen molar-refractivity contribution in [2.45, 2.75) is 65.7 Å². The van der Waals surface area contributed by atoms with Gasteiger partial charge in [-0.15, -0.1) is 0 Å². The summed E-state index contributed by atoms with van der Waals surface area (Å²) in [5, 5.41) is 0. The second-order valence-electron chi connectivity index (χ2n) is 10.2. The van der Waals surface area contributed by atoms with Crippen molar-refractivity contribution < 1.29 is 18.0 Å². The SMILES string of the molecule is CC(=O)N1CCC(C(C)(C)C)c2cc(CN3CCc4cccc(C(F)(F)F)c4C3)ccc21. The van der Waals surface area contributed by atoms with E-state index in [2.05, 4.69) is 31.7 Å². The Morgan fingerprint density at radius 3 is 2.50 bits per heavy atom. The van der Waals surface area contributed by atoms with Crippen molar-refractivity contribution in [2.75, 3.05) is 18.0 Å². The fraction of sp³-hybridized carbons (Fsp3) is 0.500. The molecular formula is C26H31F3N2O. The van der Waals surface area contributed by atoms with Gasteiger partial charge in [-0.05, 0) is 58.6 Å². The summed E-state index contributed by atoms with van der Waals surface area (Å²) in [4.78, 5) is 16.1. The maximum absolute atomic E-state index is 13.5. The molecule has 0 radical (unpaired) electrons. The molecule has 0 aromatic heterocycles. The number of rotatable bonds is 2. The number of carbonyl (C=O) groups is 1. The Kier molecular flexibility index (Phi) is 5.86. The molecule has 1 amide bonds. The van der Waals surface area contributed by atoms with Crippen LogP contribution in [0.3, 0.4) is 0 Å². The standard InChI is InChI=1S/C26H31F3N2O/c1-17(32)31-13-11-22(25(2,3)4)20-14-18(8-9-24(20)31)15-30-12-10-19-6-5-7-23(21(19)16-30)26(27,28)29/h5-9,14,22H,10-13,15-16H2,1-4H3. The van der Waals surface area contributed by atoms with Crippen LogP contribution in [0.2, 0.25) is 0 Å². The Bertz CT molecular complexity index is 1020. The summed E-state index contributed by atoms with van der Waals surface area (Å²) in [6.07, 6.45) is -2.81. The van der Waals surface area contributed by atoms with E-state index < -0.39 is 11.7 Å². The molecule has 2 aliphatic heterocycles. The first-order valence-corrected chi connectivity index (χ1v) is 11.3. The van der Waals surface area contributed by atoms with Crippen molar-refractivity contribution in [3.05, 3.63) is 64.2 Å². The Balaban J connectivity index is 1.62. The van der Waals surface area contributed by atoms with Crippen molar-refractivity contribution in [3.8, 4) is 0 Å². The lowest BCUT2D eigenvalue weighted by Gasteiger charge is -2.40. The zero-order valence-electron chi connectivity index (χ0n) is 19.2. The zero-order chi connectivity index (χ0) is 23.3. The number of carbonyl (C=O) groups excluding carboxylic acids is 1. The summed E-state index contributed by atoms with van der Waals surface area (Å²) in [7, 11) is 0. The second kappa shape index (κ2) is 8.22. The summed E-state index contributed by atoms with van der Waals surface area (Å²) in [5.74, 6) is 0.366. The van der Waals surface area contributed by atoms with Gasteiger partial charge in [-0.3, -0.25) is 9.69 Å². The number of benzene rings is 2. The molecule has 0 aliphatic carbocycles. The lowest BCUT2D eigenvalue weighted by atomic mass is 9.72. The van der Waals surface area contributed by atoms with Gasteiger partial charge in [0.1, 0.15) is 0 Å². The van der Waals surface area contributed by atoms with Crippen molar-refractivity contribution in [1.82, 2.24) is 4.90 Å². The highest BCUT2D eigenvalue weighted by molar-refractivity contribution is 5.93. The number of fused-ring (bicyclic) bond motifs is 2. The number of halogens is 3. The highest BCUT2D eigenvalue weighted by atomic mass is 19.4. The van der Waals surface area contributed by atoms with Gasteiger partial charge in [0.15, 0.2) is 0 Å². The molecule has 172 valence electrons. The molecule has 0 N–H and O–H groups in total. The average molecular weight is 445 g/mol. The number of anilines is 1. The van der Waals surface area contributed by atoms with Crippen molar-refractivity contribution in [3.63, 3.8) is 0 Å². The minimum atomic E-state index is -4.34. The number of alkyl halides is 3. The van der Waals surface area contributed by atoms with Gasteiger partial charge in [-0.1, -0.05) is 45.0 Å². The number of hydrogen-bond donors (Lipinski definition) is 0. The molecule has 0 fully saturated rings. The van der Waals surface area contributed by atoms with Gasteiger partial charge in [0.05, 0.1) is 5.56 Å². The molecule has 3 nitrogen and oxygen atoms in total.